The molecule has 0 spiro atoms. The van der Waals surface area contributed by atoms with Gasteiger partial charge in [0.2, 0.25) is 0 Å². The van der Waals surface area contributed by atoms with E-state index in [0.717, 1.165) is 17.3 Å². The van der Waals surface area contributed by atoms with E-state index in [1.807, 2.05) is 0 Å². The lowest BCUT2D eigenvalue weighted by Crippen LogP contribution is -2.14. The van der Waals surface area contributed by atoms with Gasteiger partial charge >= 0.3 is 0 Å². The molecule has 0 aromatic carbocycles. The molecule has 1 rings (SSSR count). The van der Waals surface area contributed by atoms with Crippen LogP contribution < -0.4 is 0 Å². The van der Waals surface area contributed by atoms with Crippen molar-refractivity contribution in [3.63, 3.8) is 0 Å². The molecule has 5 heteroatoms. The first-order chi connectivity index (χ1) is 9.20. The average molecular weight is 331 g/mol. The lowest BCUT2D eigenvalue weighted by atomic mass is 10.1. The van der Waals surface area contributed by atoms with Crippen LogP contribution in [0.25, 0.3) is 0 Å². The van der Waals surface area contributed by atoms with Gasteiger partial charge in [0.05, 0.1) is 23.8 Å². The molecule has 19 heavy (non-hydrogen) atoms. The Morgan fingerprint density at radius 3 is 2.79 bits per heavy atom. The normalized spacial score (nSPS) is 10.9. The minimum atomic E-state index is 0.164. The Bertz CT molecular complexity index is 391. The fraction of sp³-hybridized carbons (Fsp3) is 0.714. The summed E-state index contributed by atoms with van der Waals surface area (Å²) < 4.78 is 7.53. The Kier molecular flexibility index (Phi) is 7.98. The van der Waals surface area contributed by atoms with Crippen LogP contribution in [-0.4, -0.2) is 29.3 Å². The highest BCUT2D eigenvalue weighted by molar-refractivity contribution is 9.10. The monoisotopic (exact) mass is 330 g/mol. The van der Waals surface area contributed by atoms with Gasteiger partial charge in [0.25, 0.3) is 0 Å². The summed E-state index contributed by atoms with van der Waals surface area (Å²) in [4.78, 5) is 12.2. The summed E-state index contributed by atoms with van der Waals surface area (Å²) in [5.74, 6) is 0.164. The highest BCUT2D eigenvalue weighted by atomic mass is 79.9. The smallest absolute Gasteiger partial charge is 0.182 e. The maximum absolute atomic E-state index is 12.2. The van der Waals surface area contributed by atoms with Crippen molar-refractivity contribution in [2.24, 2.45) is 0 Å². The molecule has 0 unspecified atom stereocenters. The van der Waals surface area contributed by atoms with Gasteiger partial charge in [-0.25, -0.2) is 0 Å². The van der Waals surface area contributed by atoms with Crippen LogP contribution in [0.3, 0.4) is 0 Å². The molecule has 0 aliphatic rings. The number of methoxy groups -OCH3 is 1. The second-order valence-corrected chi connectivity index (χ2v) is 5.50. The number of nitrogens with zero attached hydrogens (tertiary/aromatic N) is 2. The number of ether oxygens (including phenoxy) is 1. The Morgan fingerprint density at radius 1 is 1.37 bits per heavy atom. The zero-order valence-corrected chi connectivity index (χ0v) is 13.4. The maximum atomic E-state index is 12.2. The van der Waals surface area contributed by atoms with Gasteiger partial charge in [-0.1, -0.05) is 32.6 Å². The van der Waals surface area contributed by atoms with E-state index in [-0.39, 0.29) is 5.78 Å². The van der Waals surface area contributed by atoms with Crippen LogP contribution in [0.4, 0.5) is 0 Å². The summed E-state index contributed by atoms with van der Waals surface area (Å²) in [6, 6.07) is 0. The van der Waals surface area contributed by atoms with E-state index >= 15 is 0 Å². The van der Waals surface area contributed by atoms with Crippen LogP contribution >= 0.6 is 15.9 Å². The quantitative estimate of drug-likeness (QED) is 0.483. The van der Waals surface area contributed by atoms with Crippen LogP contribution in [0.2, 0.25) is 0 Å². The zero-order valence-electron chi connectivity index (χ0n) is 11.8. The molecule has 1 aromatic heterocycles. The van der Waals surface area contributed by atoms with Gasteiger partial charge in [0.15, 0.2) is 5.78 Å². The van der Waals surface area contributed by atoms with Gasteiger partial charge in [-0.05, 0) is 22.4 Å². The molecular formula is C14H23BrN2O2. The topological polar surface area (TPSA) is 44.1 Å². The fourth-order valence-corrected chi connectivity index (χ4v) is 2.51. The Labute approximate surface area is 123 Å². The van der Waals surface area contributed by atoms with Crippen molar-refractivity contribution in [3.8, 4) is 0 Å². The SMILES string of the molecule is CCCCCCCC(=O)c1c(Br)cnn1CCOC. The Morgan fingerprint density at radius 2 is 2.11 bits per heavy atom. The summed E-state index contributed by atoms with van der Waals surface area (Å²) in [6.45, 7) is 3.36. The van der Waals surface area contributed by atoms with Crippen LogP contribution in [0.15, 0.2) is 10.7 Å². The minimum absolute atomic E-state index is 0.164. The van der Waals surface area contributed by atoms with E-state index < -0.39 is 0 Å². The number of unbranched alkanes of at least 4 members (excludes halogenated alkanes) is 4. The number of rotatable bonds is 10. The molecule has 0 bridgehead atoms. The lowest BCUT2D eigenvalue weighted by Gasteiger charge is -2.07. The number of carbonyl (C=O) groups excluding carboxylic acids is 1. The molecule has 1 aromatic rings. The average Bonchev–Trinajstić information content (AvgIpc) is 2.77. The van der Waals surface area contributed by atoms with Gasteiger partial charge < -0.3 is 4.74 Å². The molecule has 0 radical (unpaired) electrons. The first-order valence-corrected chi connectivity index (χ1v) is 7.73. The molecule has 0 saturated heterocycles. The van der Waals surface area contributed by atoms with Crippen molar-refractivity contribution < 1.29 is 9.53 Å². The number of halogens is 1. The van der Waals surface area contributed by atoms with Crippen molar-refractivity contribution in [1.29, 1.82) is 0 Å². The van der Waals surface area contributed by atoms with Crippen molar-refractivity contribution in [2.45, 2.75) is 52.0 Å². The van der Waals surface area contributed by atoms with Crippen LogP contribution in [0.5, 0.6) is 0 Å². The van der Waals surface area contributed by atoms with E-state index in [2.05, 4.69) is 28.0 Å². The summed E-state index contributed by atoms with van der Waals surface area (Å²) >= 11 is 3.40. The largest absolute Gasteiger partial charge is 0.383 e. The molecule has 0 saturated carbocycles. The third kappa shape index (κ3) is 5.45. The third-order valence-electron chi connectivity index (χ3n) is 3.07. The van der Waals surface area contributed by atoms with E-state index in [9.17, 15) is 4.79 Å². The van der Waals surface area contributed by atoms with Crippen LogP contribution in [-0.2, 0) is 11.3 Å². The molecule has 0 aliphatic heterocycles. The molecule has 0 amide bonds. The van der Waals surface area contributed by atoms with Crippen molar-refractivity contribution in [3.05, 3.63) is 16.4 Å². The predicted molar refractivity (Wildman–Crippen MR) is 79.5 cm³/mol. The van der Waals surface area contributed by atoms with Crippen molar-refractivity contribution in [2.75, 3.05) is 13.7 Å². The summed E-state index contributed by atoms with van der Waals surface area (Å²) in [5, 5.41) is 4.20. The molecule has 0 aliphatic carbocycles. The number of Topliss-reactive ketones (excluding diaryl/α,β-unsaturated/α-hetero) is 1. The second-order valence-electron chi connectivity index (χ2n) is 4.64. The Balaban J connectivity index is 2.48. The van der Waals surface area contributed by atoms with Crippen LogP contribution in [0.1, 0.15) is 55.9 Å². The Hall–Kier alpha value is -0.680. The molecule has 108 valence electrons. The number of aromatic nitrogens is 2. The molecule has 0 N–H and O–H groups in total. The standard InChI is InChI=1S/C14H23BrN2O2/c1-3-4-5-6-7-8-13(18)14-12(15)11-16-17(14)9-10-19-2/h11H,3-10H2,1-2H3. The van der Waals surface area contributed by atoms with E-state index in [1.165, 1.54) is 19.3 Å². The van der Waals surface area contributed by atoms with Gasteiger partial charge in [-0.2, -0.15) is 5.10 Å². The van der Waals surface area contributed by atoms with Crippen LogP contribution in [0, 0.1) is 0 Å². The lowest BCUT2D eigenvalue weighted by molar-refractivity contribution is 0.0964. The number of hydrogen-bond donors (Lipinski definition) is 0. The van der Waals surface area contributed by atoms with Gasteiger partial charge in [-0.15, -0.1) is 0 Å². The molecule has 0 atom stereocenters. The third-order valence-corrected chi connectivity index (χ3v) is 3.65. The number of hydrogen-bond acceptors (Lipinski definition) is 3. The van der Waals surface area contributed by atoms with Gasteiger partial charge in [-0.3, -0.25) is 9.48 Å². The number of carbonyl (C=O) groups is 1. The van der Waals surface area contributed by atoms with Gasteiger partial charge in [0.1, 0.15) is 5.69 Å². The summed E-state index contributed by atoms with van der Waals surface area (Å²) in [6.07, 6.45) is 8.06. The molecule has 1 heterocycles. The molecular weight excluding hydrogens is 308 g/mol. The number of ketones is 1. The molecule has 4 nitrogen and oxygen atoms in total. The zero-order chi connectivity index (χ0) is 14.1. The van der Waals surface area contributed by atoms with E-state index in [1.54, 1.807) is 18.0 Å². The first kappa shape index (κ1) is 16.4. The first-order valence-electron chi connectivity index (χ1n) is 6.94. The van der Waals surface area contributed by atoms with Crippen molar-refractivity contribution >= 4 is 21.7 Å². The second kappa shape index (κ2) is 9.26. The highest BCUT2D eigenvalue weighted by Crippen LogP contribution is 2.19. The van der Waals surface area contributed by atoms with Gasteiger partial charge in [0, 0.05) is 13.5 Å². The highest BCUT2D eigenvalue weighted by Gasteiger charge is 2.16. The van der Waals surface area contributed by atoms with E-state index in [4.69, 9.17) is 4.74 Å². The van der Waals surface area contributed by atoms with Crippen molar-refractivity contribution in [1.82, 2.24) is 9.78 Å². The summed E-state index contributed by atoms with van der Waals surface area (Å²) in [5.41, 5.74) is 0.674. The molecule has 0 fully saturated rings. The van der Waals surface area contributed by atoms with E-state index in [0.29, 0.717) is 25.3 Å². The maximum Gasteiger partial charge on any atom is 0.182 e. The fourth-order valence-electron chi connectivity index (χ4n) is 1.99. The minimum Gasteiger partial charge on any atom is -0.383 e. The summed E-state index contributed by atoms with van der Waals surface area (Å²) in [7, 11) is 1.65. The predicted octanol–water partition coefficient (Wildman–Crippen LogP) is 3.84.